The molecule has 0 spiro atoms. The van der Waals surface area contributed by atoms with Crippen LogP contribution in [0.5, 0.6) is 17.2 Å². The van der Waals surface area contributed by atoms with E-state index in [0.29, 0.717) is 30.5 Å². The van der Waals surface area contributed by atoms with Crippen molar-refractivity contribution in [2.45, 2.75) is 79.2 Å². The van der Waals surface area contributed by atoms with E-state index in [-0.39, 0.29) is 0 Å². The molecule has 1 rings (SSSR count). The molecule has 0 saturated carbocycles. The predicted molar refractivity (Wildman–Crippen MR) is 128 cm³/mol. The molecule has 0 N–H and O–H groups in total. The van der Waals surface area contributed by atoms with Crippen molar-refractivity contribution in [3.05, 3.63) is 17.7 Å². The first-order valence-corrected chi connectivity index (χ1v) is 18.9. The molecule has 0 heterocycles. The number of hydrogen-bond donors (Lipinski definition) is 0. The summed E-state index contributed by atoms with van der Waals surface area (Å²) in [5, 5.41) is 0. The summed E-state index contributed by atoms with van der Waals surface area (Å²) in [5.74, 6) is 5.34. The first kappa shape index (κ1) is 27.0. The Kier molecular flexibility index (Phi) is 14.1. The third-order valence-corrected chi connectivity index (χ3v) is 18.8. The second-order valence-electron chi connectivity index (χ2n) is 7.92. The molecule has 1 aromatic rings. The Morgan fingerprint density at radius 1 is 0.767 bits per heavy atom. The Bertz CT molecular complexity index is 616. The topological polar surface area (TPSA) is 36.9 Å². The molecule has 0 aromatic heterocycles. The normalized spacial score (nSPS) is 11.0. The van der Waals surface area contributed by atoms with Crippen LogP contribution in [-0.4, -0.2) is 46.3 Å². The Hall–Kier alpha value is -1.06. The van der Waals surface area contributed by atoms with Gasteiger partial charge in [0.2, 0.25) is 0 Å². The van der Waals surface area contributed by atoms with Crippen molar-refractivity contribution in [1.29, 1.82) is 0 Å². The van der Waals surface area contributed by atoms with E-state index in [1.165, 1.54) is 51.8 Å². The van der Waals surface area contributed by atoms with Gasteiger partial charge >= 0.3 is 189 Å². The van der Waals surface area contributed by atoms with Gasteiger partial charge in [-0.2, -0.15) is 0 Å². The van der Waals surface area contributed by atoms with Crippen LogP contribution in [0.4, 0.5) is 0 Å². The summed E-state index contributed by atoms with van der Waals surface area (Å²) in [6, 6.07) is 3.87. The summed E-state index contributed by atoms with van der Waals surface area (Å²) in [4.78, 5) is 0. The fourth-order valence-electron chi connectivity index (χ4n) is 3.77. The number of methoxy groups -OCH3 is 3. The number of hydrogen-bond acceptors (Lipinski definition) is 4. The molecule has 4 nitrogen and oxygen atoms in total. The fourth-order valence-corrected chi connectivity index (χ4v) is 17.1. The summed E-state index contributed by atoms with van der Waals surface area (Å²) in [6.07, 6.45) is 7.84. The standard InChI is InChI=1S/C13H15O4.3C4H9.Sn/c1-5-6-17-9-10-7-11(14-2)13(16-4)12(8-10)15-3;3*1-3-4-2;/h7-8H,6,9H2,2-4H3;3*1,3-4H2,2H3;. The van der Waals surface area contributed by atoms with E-state index < -0.39 is 18.4 Å². The second-order valence-corrected chi connectivity index (χ2v) is 20.2. The number of benzene rings is 1. The molecular formula is C25H42O4Sn. The minimum atomic E-state index is -2.39. The van der Waals surface area contributed by atoms with E-state index in [2.05, 4.69) is 30.6 Å². The van der Waals surface area contributed by atoms with E-state index in [1.54, 1.807) is 21.3 Å². The molecule has 0 bridgehead atoms. The summed E-state index contributed by atoms with van der Waals surface area (Å²) in [6.45, 7) is 7.85. The SMILES string of the molecule is CCC[CH2][Sn]([C]#CCOCc1cc(OC)c(OC)c(OC)c1)([CH2]CCC)[CH2]CCC. The summed E-state index contributed by atoms with van der Waals surface area (Å²) < 4.78 is 30.2. The Labute approximate surface area is 188 Å². The van der Waals surface area contributed by atoms with Crippen molar-refractivity contribution in [2.24, 2.45) is 0 Å². The summed E-state index contributed by atoms with van der Waals surface area (Å²) in [5.41, 5.74) is 0.990. The van der Waals surface area contributed by atoms with Crippen molar-refractivity contribution in [3.63, 3.8) is 0 Å². The van der Waals surface area contributed by atoms with Gasteiger partial charge in [-0.3, -0.25) is 0 Å². The molecule has 170 valence electrons. The van der Waals surface area contributed by atoms with Crippen molar-refractivity contribution in [2.75, 3.05) is 27.9 Å². The van der Waals surface area contributed by atoms with Crippen molar-refractivity contribution < 1.29 is 18.9 Å². The zero-order chi connectivity index (χ0) is 22.2. The van der Waals surface area contributed by atoms with E-state index in [4.69, 9.17) is 18.9 Å². The molecule has 0 aliphatic carbocycles. The van der Waals surface area contributed by atoms with Gasteiger partial charge in [-0.05, 0) is 0 Å². The van der Waals surface area contributed by atoms with E-state index in [0.717, 1.165) is 5.56 Å². The van der Waals surface area contributed by atoms with Crippen LogP contribution in [0.1, 0.15) is 64.9 Å². The van der Waals surface area contributed by atoms with Gasteiger partial charge < -0.3 is 0 Å². The van der Waals surface area contributed by atoms with Gasteiger partial charge in [-0.15, -0.1) is 0 Å². The van der Waals surface area contributed by atoms with Gasteiger partial charge in [-0.1, -0.05) is 0 Å². The van der Waals surface area contributed by atoms with Gasteiger partial charge in [0, 0.05) is 0 Å². The molecule has 0 fully saturated rings. The molecule has 30 heavy (non-hydrogen) atoms. The molecule has 0 aliphatic rings. The molecule has 0 saturated heterocycles. The summed E-state index contributed by atoms with van der Waals surface area (Å²) in [7, 11) is 4.87. The molecule has 0 amide bonds. The minimum absolute atomic E-state index is 0.479. The molecule has 0 radical (unpaired) electrons. The zero-order valence-corrected chi connectivity index (χ0v) is 22.9. The van der Waals surface area contributed by atoms with Gasteiger partial charge in [0.25, 0.3) is 0 Å². The number of rotatable bonds is 15. The summed E-state index contributed by atoms with van der Waals surface area (Å²) >= 11 is -2.39. The van der Waals surface area contributed by atoms with Gasteiger partial charge in [0.05, 0.1) is 0 Å². The van der Waals surface area contributed by atoms with Crippen LogP contribution < -0.4 is 14.2 Å². The number of unbranched alkanes of at least 4 members (excludes halogenated alkanes) is 3. The van der Waals surface area contributed by atoms with Crippen LogP contribution in [0.15, 0.2) is 12.1 Å². The van der Waals surface area contributed by atoms with Crippen molar-refractivity contribution in [1.82, 2.24) is 0 Å². The number of ether oxygens (including phenoxy) is 4. The van der Waals surface area contributed by atoms with E-state index in [1.807, 2.05) is 12.1 Å². The maximum atomic E-state index is 5.91. The third kappa shape index (κ3) is 8.97. The average Bonchev–Trinajstić information content (AvgIpc) is 2.78. The fraction of sp³-hybridized carbons (Fsp3) is 0.680. The van der Waals surface area contributed by atoms with E-state index in [9.17, 15) is 0 Å². The predicted octanol–water partition coefficient (Wildman–Crippen LogP) is 6.62. The van der Waals surface area contributed by atoms with Crippen LogP contribution in [0.3, 0.4) is 0 Å². The van der Waals surface area contributed by atoms with Crippen LogP contribution >= 0.6 is 0 Å². The third-order valence-electron chi connectivity index (χ3n) is 5.55. The first-order chi connectivity index (χ1) is 14.6. The second kappa shape index (κ2) is 15.7. The van der Waals surface area contributed by atoms with Gasteiger partial charge in [0.1, 0.15) is 0 Å². The Morgan fingerprint density at radius 2 is 1.27 bits per heavy atom. The van der Waals surface area contributed by atoms with Gasteiger partial charge in [0.15, 0.2) is 0 Å². The van der Waals surface area contributed by atoms with Gasteiger partial charge in [-0.25, -0.2) is 0 Å². The van der Waals surface area contributed by atoms with Crippen LogP contribution in [0, 0.1) is 9.86 Å². The first-order valence-electron chi connectivity index (χ1n) is 11.5. The zero-order valence-electron chi connectivity index (χ0n) is 20.1. The monoisotopic (exact) mass is 526 g/mol. The van der Waals surface area contributed by atoms with Crippen LogP contribution in [-0.2, 0) is 11.3 Å². The Balaban J connectivity index is 2.82. The molecule has 0 aliphatic heterocycles. The molecule has 1 aromatic carbocycles. The molecule has 0 atom stereocenters. The molecule has 5 heteroatoms. The molecule has 0 unspecified atom stereocenters. The maximum absolute atomic E-state index is 5.91. The van der Waals surface area contributed by atoms with E-state index >= 15 is 0 Å². The van der Waals surface area contributed by atoms with Crippen LogP contribution in [0.2, 0.25) is 13.3 Å². The molecular weight excluding hydrogens is 483 g/mol. The van der Waals surface area contributed by atoms with Crippen LogP contribution in [0.25, 0.3) is 0 Å². The average molecular weight is 525 g/mol. The Morgan fingerprint density at radius 3 is 1.67 bits per heavy atom. The van der Waals surface area contributed by atoms with Crippen molar-refractivity contribution in [3.8, 4) is 27.1 Å². The quantitative estimate of drug-likeness (QED) is 0.147. The van der Waals surface area contributed by atoms with Crippen molar-refractivity contribution >= 4 is 18.4 Å².